The van der Waals surface area contributed by atoms with E-state index in [0.29, 0.717) is 38.8 Å². The number of carbonyl (C=O) groups excluding carboxylic acids is 3. The summed E-state index contributed by atoms with van der Waals surface area (Å²) >= 11 is 0. The standard InChI is InChI=1S/C9H15N3O3/c13-6-10-4-1-5-11-9(15)7-2-3-8(14)12-7/h6-7H,1-5H2,(H,10,13)(H,11,15)(H,12,14). The van der Waals surface area contributed by atoms with Gasteiger partial charge in [0.15, 0.2) is 0 Å². The predicted molar refractivity (Wildman–Crippen MR) is 52.9 cm³/mol. The third-order valence-electron chi connectivity index (χ3n) is 2.19. The molecular weight excluding hydrogens is 198 g/mol. The molecule has 1 atom stereocenters. The molecule has 0 saturated carbocycles. The van der Waals surface area contributed by atoms with Gasteiger partial charge in [0.25, 0.3) is 0 Å². The lowest BCUT2D eigenvalue weighted by molar-refractivity contribution is -0.125. The molecule has 15 heavy (non-hydrogen) atoms. The van der Waals surface area contributed by atoms with E-state index in [2.05, 4.69) is 16.0 Å². The molecule has 1 aliphatic heterocycles. The molecule has 1 unspecified atom stereocenters. The number of amides is 3. The zero-order valence-electron chi connectivity index (χ0n) is 8.41. The van der Waals surface area contributed by atoms with Crippen molar-refractivity contribution in [2.75, 3.05) is 13.1 Å². The zero-order chi connectivity index (χ0) is 11.1. The Morgan fingerprint density at radius 3 is 2.93 bits per heavy atom. The van der Waals surface area contributed by atoms with Gasteiger partial charge in [-0.2, -0.15) is 0 Å². The van der Waals surface area contributed by atoms with E-state index in [-0.39, 0.29) is 17.9 Å². The van der Waals surface area contributed by atoms with Crippen LogP contribution in [0.2, 0.25) is 0 Å². The van der Waals surface area contributed by atoms with Crippen LogP contribution in [-0.4, -0.2) is 37.4 Å². The van der Waals surface area contributed by atoms with Crippen LogP contribution in [0.3, 0.4) is 0 Å². The normalized spacial score (nSPS) is 19.5. The van der Waals surface area contributed by atoms with Gasteiger partial charge in [0.1, 0.15) is 6.04 Å². The fraction of sp³-hybridized carbons (Fsp3) is 0.667. The van der Waals surface area contributed by atoms with E-state index in [1.54, 1.807) is 0 Å². The fourth-order valence-corrected chi connectivity index (χ4v) is 1.39. The van der Waals surface area contributed by atoms with Crippen molar-refractivity contribution in [2.45, 2.75) is 25.3 Å². The molecule has 84 valence electrons. The quantitative estimate of drug-likeness (QED) is 0.371. The Labute approximate surface area is 87.8 Å². The van der Waals surface area contributed by atoms with Crippen molar-refractivity contribution >= 4 is 18.2 Å². The summed E-state index contributed by atoms with van der Waals surface area (Å²) in [5, 5.41) is 7.77. The summed E-state index contributed by atoms with van der Waals surface area (Å²) in [4.78, 5) is 32.1. The van der Waals surface area contributed by atoms with Crippen LogP contribution in [0.5, 0.6) is 0 Å². The second-order valence-electron chi connectivity index (χ2n) is 3.38. The Bertz CT molecular complexity index is 255. The molecule has 0 aromatic carbocycles. The Balaban J connectivity index is 2.08. The van der Waals surface area contributed by atoms with Crippen molar-refractivity contribution in [1.82, 2.24) is 16.0 Å². The highest BCUT2D eigenvalue weighted by Gasteiger charge is 2.26. The van der Waals surface area contributed by atoms with Gasteiger partial charge in [0, 0.05) is 19.5 Å². The van der Waals surface area contributed by atoms with Crippen LogP contribution in [0.25, 0.3) is 0 Å². The average molecular weight is 213 g/mol. The smallest absolute Gasteiger partial charge is 0.242 e. The maximum absolute atomic E-state index is 11.4. The minimum Gasteiger partial charge on any atom is -0.359 e. The van der Waals surface area contributed by atoms with Crippen molar-refractivity contribution < 1.29 is 14.4 Å². The second kappa shape index (κ2) is 6.00. The monoisotopic (exact) mass is 213 g/mol. The average Bonchev–Trinajstić information content (AvgIpc) is 2.64. The number of hydrogen-bond acceptors (Lipinski definition) is 3. The SMILES string of the molecule is O=CNCCCNC(=O)C1CCC(=O)N1. The molecule has 0 spiro atoms. The molecule has 1 rings (SSSR count). The minimum atomic E-state index is -0.378. The van der Waals surface area contributed by atoms with Gasteiger partial charge in [-0.1, -0.05) is 0 Å². The van der Waals surface area contributed by atoms with E-state index in [1.165, 1.54) is 0 Å². The number of hydrogen-bond donors (Lipinski definition) is 3. The van der Waals surface area contributed by atoms with E-state index in [4.69, 9.17) is 0 Å². The van der Waals surface area contributed by atoms with Gasteiger partial charge in [-0.15, -0.1) is 0 Å². The van der Waals surface area contributed by atoms with Crippen LogP contribution in [0.1, 0.15) is 19.3 Å². The largest absolute Gasteiger partial charge is 0.359 e. The van der Waals surface area contributed by atoms with E-state index in [9.17, 15) is 14.4 Å². The molecular formula is C9H15N3O3. The van der Waals surface area contributed by atoms with Crippen LogP contribution in [0.4, 0.5) is 0 Å². The fourth-order valence-electron chi connectivity index (χ4n) is 1.39. The second-order valence-corrected chi connectivity index (χ2v) is 3.38. The molecule has 3 N–H and O–H groups in total. The lowest BCUT2D eigenvalue weighted by Crippen LogP contribution is -2.42. The first-order valence-corrected chi connectivity index (χ1v) is 4.98. The zero-order valence-corrected chi connectivity index (χ0v) is 8.41. The lowest BCUT2D eigenvalue weighted by Gasteiger charge is -2.10. The maximum Gasteiger partial charge on any atom is 0.242 e. The summed E-state index contributed by atoms with van der Waals surface area (Å²) < 4.78 is 0. The molecule has 6 nitrogen and oxygen atoms in total. The number of nitrogens with one attached hydrogen (secondary N) is 3. The molecule has 0 aromatic heterocycles. The molecule has 1 fully saturated rings. The molecule has 0 aliphatic carbocycles. The lowest BCUT2D eigenvalue weighted by atomic mass is 10.2. The van der Waals surface area contributed by atoms with Crippen LogP contribution >= 0.6 is 0 Å². The summed E-state index contributed by atoms with van der Waals surface area (Å²) in [7, 11) is 0. The van der Waals surface area contributed by atoms with Gasteiger partial charge in [0.2, 0.25) is 18.2 Å². The van der Waals surface area contributed by atoms with Crippen LogP contribution in [-0.2, 0) is 14.4 Å². The molecule has 1 heterocycles. The molecule has 0 aromatic rings. The summed E-state index contributed by atoms with van der Waals surface area (Å²) in [6.45, 7) is 1.05. The van der Waals surface area contributed by atoms with Gasteiger partial charge in [-0.3, -0.25) is 14.4 Å². The van der Waals surface area contributed by atoms with Gasteiger partial charge in [-0.05, 0) is 12.8 Å². The van der Waals surface area contributed by atoms with Gasteiger partial charge in [-0.25, -0.2) is 0 Å². The minimum absolute atomic E-state index is 0.0715. The highest BCUT2D eigenvalue weighted by Crippen LogP contribution is 2.05. The van der Waals surface area contributed by atoms with Crippen LogP contribution < -0.4 is 16.0 Å². The van der Waals surface area contributed by atoms with Crippen molar-refractivity contribution in [3.8, 4) is 0 Å². The molecule has 0 radical (unpaired) electrons. The van der Waals surface area contributed by atoms with Crippen LogP contribution in [0, 0.1) is 0 Å². The molecule has 3 amide bonds. The molecule has 1 saturated heterocycles. The first kappa shape index (κ1) is 11.5. The van der Waals surface area contributed by atoms with E-state index in [1.807, 2.05) is 0 Å². The summed E-state index contributed by atoms with van der Waals surface area (Å²) in [5.41, 5.74) is 0. The predicted octanol–water partition coefficient (Wildman–Crippen LogP) is -1.48. The molecule has 6 heteroatoms. The van der Waals surface area contributed by atoms with E-state index >= 15 is 0 Å². The first-order chi connectivity index (χ1) is 7.24. The number of carbonyl (C=O) groups is 3. The van der Waals surface area contributed by atoms with Crippen molar-refractivity contribution in [3.63, 3.8) is 0 Å². The summed E-state index contributed by atoms with van der Waals surface area (Å²) in [6, 6.07) is -0.378. The Morgan fingerprint density at radius 1 is 1.53 bits per heavy atom. The third kappa shape index (κ3) is 3.97. The van der Waals surface area contributed by atoms with E-state index in [0.717, 1.165) is 0 Å². The first-order valence-electron chi connectivity index (χ1n) is 4.98. The van der Waals surface area contributed by atoms with Crippen molar-refractivity contribution in [1.29, 1.82) is 0 Å². The third-order valence-corrected chi connectivity index (χ3v) is 2.19. The van der Waals surface area contributed by atoms with Crippen molar-refractivity contribution in [2.24, 2.45) is 0 Å². The van der Waals surface area contributed by atoms with E-state index < -0.39 is 0 Å². The Kier molecular flexibility index (Phi) is 4.59. The summed E-state index contributed by atoms with van der Waals surface area (Å²) in [5.74, 6) is -0.218. The van der Waals surface area contributed by atoms with Gasteiger partial charge < -0.3 is 16.0 Å². The summed E-state index contributed by atoms with van der Waals surface area (Å²) in [6.07, 6.45) is 2.30. The van der Waals surface area contributed by atoms with Crippen molar-refractivity contribution in [3.05, 3.63) is 0 Å². The van der Waals surface area contributed by atoms with Gasteiger partial charge in [0.05, 0.1) is 0 Å². The van der Waals surface area contributed by atoms with Crippen LogP contribution in [0.15, 0.2) is 0 Å². The highest BCUT2D eigenvalue weighted by molar-refractivity contribution is 5.90. The number of rotatable bonds is 6. The highest BCUT2D eigenvalue weighted by atomic mass is 16.2. The van der Waals surface area contributed by atoms with Gasteiger partial charge >= 0.3 is 0 Å². The Morgan fingerprint density at radius 2 is 2.33 bits per heavy atom. The maximum atomic E-state index is 11.4. The molecule has 0 bridgehead atoms. The molecule has 1 aliphatic rings. The topological polar surface area (TPSA) is 87.3 Å². The Hall–Kier alpha value is -1.59.